The first-order chi connectivity index (χ1) is 12.4. The molecule has 0 spiro atoms. The van der Waals surface area contributed by atoms with Crippen molar-refractivity contribution >= 4 is 12.0 Å². The fourth-order valence-electron chi connectivity index (χ4n) is 3.21. The zero-order valence-electron chi connectivity index (χ0n) is 15.7. The first-order valence-corrected chi connectivity index (χ1v) is 8.78. The minimum Gasteiger partial charge on any atom is -0.497 e. The average Bonchev–Trinajstić information content (AvgIpc) is 2.60. The molecule has 1 N–H and O–H groups in total. The third-order valence-corrected chi connectivity index (χ3v) is 4.48. The smallest absolute Gasteiger partial charge is 0.244 e. The standard InChI is InChI=1S/C22H25NO3/c1-15-5-11-20-18(13-15)19(14-22(2,3)26-20)23-21(24)12-8-16-6-9-17(25-4)10-7-16/h5-13,19H,14H2,1-4H3,(H,23,24)/b12-8+/t19-/m0/s1. The number of amides is 1. The van der Waals surface area contributed by atoms with Crippen LogP contribution >= 0.6 is 0 Å². The number of nitrogens with one attached hydrogen (secondary N) is 1. The molecule has 3 rings (SSSR count). The second kappa shape index (κ2) is 7.24. The molecule has 1 heterocycles. The number of methoxy groups -OCH3 is 1. The van der Waals surface area contributed by atoms with E-state index in [1.807, 2.05) is 57.2 Å². The summed E-state index contributed by atoms with van der Waals surface area (Å²) in [4.78, 5) is 12.5. The maximum absolute atomic E-state index is 12.5. The molecule has 1 amide bonds. The van der Waals surface area contributed by atoms with Crippen LogP contribution in [0.15, 0.2) is 48.5 Å². The molecule has 0 aliphatic carbocycles. The Morgan fingerprint density at radius 2 is 1.96 bits per heavy atom. The van der Waals surface area contributed by atoms with Gasteiger partial charge in [0.2, 0.25) is 5.91 Å². The molecule has 0 radical (unpaired) electrons. The average molecular weight is 351 g/mol. The summed E-state index contributed by atoms with van der Waals surface area (Å²) in [5.74, 6) is 1.52. The number of ether oxygens (including phenoxy) is 2. The first-order valence-electron chi connectivity index (χ1n) is 8.78. The molecule has 0 saturated carbocycles. The zero-order valence-corrected chi connectivity index (χ0v) is 15.7. The zero-order chi connectivity index (χ0) is 18.7. The van der Waals surface area contributed by atoms with E-state index >= 15 is 0 Å². The number of hydrogen-bond acceptors (Lipinski definition) is 3. The molecule has 0 bridgehead atoms. The Balaban J connectivity index is 1.74. The van der Waals surface area contributed by atoms with Crippen LogP contribution in [0.3, 0.4) is 0 Å². The van der Waals surface area contributed by atoms with Crippen LogP contribution in [0.1, 0.15) is 43.0 Å². The Hall–Kier alpha value is -2.75. The van der Waals surface area contributed by atoms with E-state index in [-0.39, 0.29) is 17.6 Å². The Morgan fingerprint density at radius 1 is 1.23 bits per heavy atom. The van der Waals surface area contributed by atoms with E-state index in [1.54, 1.807) is 19.3 Å². The molecule has 0 fully saturated rings. The van der Waals surface area contributed by atoms with E-state index in [4.69, 9.17) is 9.47 Å². The van der Waals surface area contributed by atoms with Crippen molar-refractivity contribution in [2.45, 2.75) is 38.8 Å². The Kier molecular flexibility index (Phi) is 5.03. The summed E-state index contributed by atoms with van der Waals surface area (Å²) in [5, 5.41) is 3.12. The van der Waals surface area contributed by atoms with E-state index in [9.17, 15) is 4.79 Å². The van der Waals surface area contributed by atoms with Crippen LogP contribution in [0.5, 0.6) is 11.5 Å². The number of fused-ring (bicyclic) bond motifs is 1. The van der Waals surface area contributed by atoms with E-state index in [2.05, 4.69) is 11.4 Å². The van der Waals surface area contributed by atoms with E-state index in [1.165, 1.54) is 0 Å². The quantitative estimate of drug-likeness (QED) is 0.829. The van der Waals surface area contributed by atoms with Crippen LogP contribution in [-0.2, 0) is 4.79 Å². The summed E-state index contributed by atoms with van der Waals surface area (Å²) in [6.07, 6.45) is 4.10. The predicted octanol–water partition coefficient (Wildman–Crippen LogP) is 4.44. The lowest BCUT2D eigenvalue weighted by Gasteiger charge is -2.38. The summed E-state index contributed by atoms with van der Waals surface area (Å²) in [6, 6.07) is 13.6. The predicted molar refractivity (Wildman–Crippen MR) is 103 cm³/mol. The van der Waals surface area contributed by atoms with Gasteiger partial charge in [-0.05, 0) is 50.6 Å². The Morgan fingerprint density at radius 3 is 2.65 bits per heavy atom. The van der Waals surface area contributed by atoms with E-state index in [0.29, 0.717) is 0 Å². The molecule has 1 atom stereocenters. The van der Waals surface area contributed by atoms with E-state index < -0.39 is 0 Å². The maximum Gasteiger partial charge on any atom is 0.244 e. The lowest BCUT2D eigenvalue weighted by Crippen LogP contribution is -2.41. The van der Waals surface area contributed by atoms with Crippen LogP contribution in [0.25, 0.3) is 6.08 Å². The molecule has 2 aromatic rings. The summed E-state index contributed by atoms with van der Waals surface area (Å²) in [5.41, 5.74) is 2.82. The van der Waals surface area contributed by atoms with Gasteiger partial charge in [0.25, 0.3) is 0 Å². The molecule has 26 heavy (non-hydrogen) atoms. The summed E-state index contributed by atoms with van der Waals surface area (Å²) in [7, 11) is 1.63. The van der Waals surface area contributed by atoms with Crippen molar-refractivity contribution in [2.24, 2.45) is 0 Å². The van der Waals surface area contributed by atoms with E-state index in [0.717, 1.165) is 34.6 Å². The molecule has 1 aliphatic heterocycles. The highest BCUT2D eigenvalue weighted by molar-refractivity contribution is 5.92. The Bertz CT molecular complexity index is 822. The molecule has 0 aromatic heterocycles. The second-order valence-electron chi connectivity index (χ2n) is 7.27. The van der Waals surface area contributed by atoms with Gasteiger partial charge in [0, 0.05) is 18.1 Å². The minimum atomic E-state index is -0.320. The van der Waals surface area contributed by atoms with Crippen molar-refractivity contribution in [3.05, 3.63) is 65.2 Å². The minimum absolute atomic E-state index is 0.0679. The van der Waals surface area contributed by atoms with Crippen molar-refractivity contribution in [1.29, 1.82) is 0 Å². The lowest BCUT2D eigenvalue weighted by atomic mass is 9.89. The first kappa shape index (κ1) is 18.1. The highest BCUT2D eigenvalue weighted by atomic mass is 16.5. The number of benzene rings is 2. The molecule has 2 aromatic carbocycles. The number of aryl methyl sites for hydroxylation is 1. The topological polar surface area (TPSA) is 47.6 Å². The van der Waals surface area contributed by atoms with Crippen LogP contribution in [0, 0.1) is 6.92 Å². The van der Waals surface area contributed by atoms with Gasteiger partial charge in [-0.25, -0.2) is 0 Å². The molecule has 0 saturated heterocycles. The van der Waals surface area contributed by atoms with Crippen LogP contribution in [0.2, 0.25) is 0 Å². The second-order valence-corrected chi connectivity index (χ2v) is 7.27. The highest BCUT2D eigenvalue weighted by Gasteiger charge is 2.34. The summed E-state index contributed by atoms with van der Waals surface area (Å²) in [6.45, 7) is 6.13. The van der Waals surface area contributed by atoms with Crippen molar-refractivity contribution in [3.63, 3.8) is 0 Å². The van der Waals surface area contributed by atoms with Crippen molar-refractivity contribution in [2.75, 3.05) is 7.11 Å². The van der Waals surface area contributed by atoms with Gasteiger partial charge in [-0.2, -0.15) is 0 Å². The number of hydrogen-bond donors (Lipinski definition) is 1. The third kappa shape index (κ3) is 4.26. The molecule has 4 nitrogen and oxygen atoms in total. The number of carbonyl (C=O) groups excluding carboxylic acids is 1. The largest absolute Gasteiger partial charge is 0.497 e. The third-order valence-electron chi connectivity index (χ3n) is 4.48. The van der Waals surface area contributed by atoms with Crippen LogP contribution in [0.4, 0.5) is 0 Å². The van der Waals surface area contributed by atoms with Crippen LogP contribution < -0.4 is 14.8 Å². The lowest BCUT2D eigenvalue weighted by molar-refractivity contribution is -0.117. The monoisotopic (exact) mass is 351 g/mol. The maximum atomic E-state index is 12.5. The normalized spacial score (nSPS) is 18.1. The van der Waals surface area contributed by atoms with Gasteiger partial charge in [-0.15, -0.1) is 0 Å². The Labute approximate surface area is 154 Å². The molecular formula is C22H25NO3. The van der Waals surface area contributed by atoms with Gasteiger partial charge in [-0.3, -0.25) is 4.79 Å². The molecule has 136 valence electrons. The van der Waals surface area contributed by atoms with Crippen molar-refractivity contribution in [1.82, 2.24) is 5.32 Å². The van der Waals surface area contributed by atoms with Gasteiger partial charge in [0.1, 0.15) is 17.1 Å². The van der Waals surface area contributed by atoms with Gasteiger partial charge in [-0.1, -0.05) is 29.8 Å². The number of rotatable bonds is 4. The molecular weight excluding hydrogens is 326 g/mol. The highest BCUT2D eigenvalue weighted by Crippen LogP contribution is 2.39. The van der Waals surface area contributed by atoms with Gasteiger partial charge < -0.3 is 14.8 Å². The summed E-state index contributed by atoms with van der Waals surface area (Å²) < 4.78 is 11.2. The fraction of sp³-hybridized carbons (Fsp3) is 0.318. The SMILES string of the molecule is COc1ccc(/C=C/C(=O)N[C@H]2CC(C)(C)Oc3ccc(C)cc32)cc1. The molecule has 0 unspecified atom stereocenters. The molecule has 1 aliphatic rings. The van der Waals surface area contributed by atoms with Gasteiger partial charge >= 0.3 is 0 Å². The fourth-order valence-corrected chi connectivity index (χ4v) is 3.21. The van der Waals surface area contributed by atoms with Gasteiger partial charge in [0.05, 0.1) is 13.2 Å². The summed E-state index contributed by atoms with van der Waals surface area (Å²) >= 11 is 0. The van der Waals surface area contributed by atoms with Crippen molar-refractivity contribution < 1.29 is 14.3 Å². The number of carbonyl (C=O) groups is 1. The van der Waals surface area contributed by atoms with Crippen molar-refractivity contribution in [3.8, 4) is 11.5 Å². The van der Waals surface area contributed by atoms with Crippen LogP contribution in [-0.4, -0.2) is 18.6 Å². The molecule has 4 heteroatoms. The van der Waals surface area contributed by atoms with Gasteiger partial charge in [0.15, 0.2) is 0 Å².